The van der Waals surface area contributed by atoms with Crippen LogP contribution in [-0.4, -0.2) is 44.2 Å². The first kappa shape index (κ1) is 16.8. The Morgan fingerprint density at radius 2 is 2.00 bits per heavy atom. The number of benzene rings is 1. The van der Waals surface area contributed by atoms with E-state index in [4.69, 9.17) is 20.5 Å². The summed E-state index contributed by atoms with van der Waals surface area (Å²) in [5.41, 5.74) is 6.25. The molecule has 0 aliphatic heterocycles. The Hall–Kier alpha value is -2.26. The first-order chi connectivity index (χ1) is 10.2. The molecule has 1 rings (SSSR count). The summed E-state index contributed by atoms with van der Waals surface area (Å²) in [6.45, 7) is 1.65. The molecule has 0 heterocycles. The minimum atomic E-state index is -0.0438. The van der Waals surface area contributed by atoms with E-state index in [1.165, 1.54) is 0 Å². The lowest BCUT2D eigenvalue weighted by Crippen LogP contribution is -2.35. The lowest BCUT2D eigenvalue weighted by Gasteiger charge is -2.21. The number of carbonyl (C=O) groups is 1. The predicted molar refractivity (Wildman–Crippen MR) is 79.7 cm³/mol. The number of amides is 1. The summed E-state index contributed by atoms with van der Waals surface area (Å²) in [4.78, 5) is 13.7. The molecule has 0 saturated carbocycles. The lowest BCUT2D eigenvalue weighted by atomic mass is 10.3. The van der Waals surface area contributed by atoms with Crippen LogP contribution in [0.2, 0.25) is 0 Å². The van der Waals surface area contributed by atoms with Crippen molar-refractivity contribution in [2.45, 2.75) is 12.8 Å². The highest BCUT2D eigenvalue weighted by molar-refractivity contribution is 5.76. The molecule has 2 N–H and O–H groups in total. The summed E-state index contributed by atoms with van der Waals surface area (Å²) < 4.78 is 10.5. The second kappa shape index (κ2) is 9.61. The number of nitriles is 1. The molecular weight excluding hydrogens is 270 g/mol. The van der Waals surface area contributed by atoms with Gasteiger partial charge in [-0.25, -0.2) is 0 Å². The molecule has 0 fully saturated rings. The van der Waals surface area contributed by atoms with Crippen LogP contribution in [0.5, 0.6) is 5.75 Å². The van der Waals surface area contributed by atoms with Gasteiger partial charge in [-0.3, -0.25) is 4.79 Å². The zero-order chi connectivity index (χ0) is 15.5. The van der Waals surface area contributed by atoms with Crippen LogP contribution in [0.15, 0.2) is 24.3 Å². The Morgan fingerprint density at radius 1 is 1.29 bits per heavy atom. The largest absolute Gasteiger partial charge is 0.493 e. The van der Waals surface area contributed by atoms with Crippen molar-refractivity contribution < 1.29 is 14.3 Å². The third-order valence-electron chi connectivity index (χ3n) is 2.88. The van der Waals surface area contributed by atoms with Crippen LogP contribution in [0, 0.1) is 11.3 Å². The number of methoxy groups -OCH3 is 1. The van der Waals surface area contributed by atoms with Crippen molar-refractivity contribution in [2.75, 3.05) is 39.1 Å². The van der Waals surface area contributed by atoms with Crippen LogP contribution >= 0.6 is 0 Å². The van der Waals surface area contributed by atoms with E-state index in [-0.39, 0.29) is 12.3 Å². The minimum Gasteiger partial charge on any atom is -0.493 e. The van der Waals surface area contributed by atoms with Crippen molar-refractivity contribution in [3.8, 4) is 11.8 Å². The van der Waals surface area contributed by atoms with E-state index >= 15 is 0 Å². The molecule has 6 heteroatoms. The van der Waals surface area contributed by atoms with Crippen LogP contribution in [-0.2, 0) is 9.53 Å². The SMILES string of the molecule is COCCN(CCC#N)C(=O)CCOc1ccc(N)cc1. The van der Waals surface area contributed by atoms with E-state index in [0.717, 1.165) is 0 Å². The van der Waals surface area contributed by atoms with Gasteiger partial charge in [-0.15, -0.1) is 0 Å². The highest BCUT2D eigenvalue weighted by Crippen LogP contribution is 2.13. The van der Waals surface area contributed by atoms with Crippen molar-refractivity contribution in [3.63, 3.8) is 0 Å². The zero-order valence-corrected chi connectivity index (χ0v) is 12.2. The predicted octanol–water partition coefficient (Wildman–Crippen LogP) is 1.43. The summed E-state index contributed by atoms with van der Waals surface area (Å²) in [6, 6.07) is 9.05. The molecule has 6 nitrogen and oxygen atoms in total. The summed E-state index contributed by atoms with van der Waals surface area (Å²) in [6.07, 6.45) is 0.577. The van der Waals surface area contributed by atoms with Gasteiger partial charge >= 0.3 is 0 Å². The van der Waals surface area contributed by atoms with Gasteiger partial charge in [0.15, 0.2) is 0 Å². The van der Waals surface area contributed by atoms with Gasteiger partial charge in [0.05, 0.1) is 32.1 Å². The molecule has 0 aromatic heterocycles. The molecular formula is C15H21N3O3. The number of nitrogen functional groups attached to an aromatic ring is 1. The quantitative estimate of drug-likeness (QED) is 0.695. The molecule has 1 amide bonds. The molecule has 0 aliphatic rings. The second-order valence-electron chi connectivity index (χ2n) is 4.45. The Bertz CT molecular complexity index is 468. The van der Waals surface area contributed by atoms with Gasteiger partial charge in [-0.1, -0.05) is 0 Å². The Morgan fingerprint density at radius 3 is 2.62 bits per heavy atom. The Kier molecular flexibility index (Phi) is 7.69. The molecule has 114 valence electrons. The molecule has 0 unspecified atom stereocenters. The van der Waals surface area contributed by atoms with Gasteiger partial charge in [0.2, 0.25) is 5.91 Å². The van der Waals surface area contributed by atoms with Crippen molar-refractivity contribution in [2.24, 2.45) is 0 Å². The van der Waals surface area contributed by atoms with Gasteiger partial charge in [0.25, 0.3) is 0 Å². The molecule has 0 saturated heterocycles. The first-order valence-electron chi connectivity index (χ1n) is 6.79. The van der Waals surface area contributed by atoms with Crippen molar-refractivity contribution in [1.29, 1.82) is 5.26 Å². The summed E-state index contributed by atoms with van der Waals surface area (Å²) >= 11 is 0. The number of nitrogens with zero attached hydrogens (tertiary/aromatic N) is 2. The smallest absolute Gasteiger partial charge is 0.226 e. The highest BCUT2D eigenvalue weighted by atomic mass is 16.5. The number of rotatable bonds is 9. The van der Waals surface area contributed by atoms with Crippen molar-refractivity contribution in [1.82, 2.24) is 4.90 Å². The number of nitrogens with two attached hydrogens (primary N) is 1. The Balaban J connectivity index is 2.38. The molecule has 0 bridgehead atoms. The number of hydrogen-bond donors (Lipinski definition) is 1. The normalized spacial score (nSPS) is 9.90. The fourth-order valence-electron chi connectivity index (χ4n) is 1.73. The molecule has 1 aromatic rings. The topological polar surface area (TPSA) is 88.6 Å². The van der Waals surface area contributed by atoms with Gasteiger partial charge < -0.3 is 20.1 Å². The molecule has 0 atom stereocenters. The van der Waals surface area contributed by atoms with Gasteiger partial charge in [-0.2, -0.15) is 5.26 Å². The van der Waals surface area contributed by atoms with Gasteiger partial charge in [-0.05, 0) is 24.3 Å². The van der Waals surface area contributed by atoms with E-state index in [1.54, 1.807) is 36.3 Å². The minimum absolute atomic E-state index is 0.0438. The molecule has 21 heavy (non-hydrogen) atoms. The third-order valence-corrected chi connectivity index (χ3v) is 2.88. The maximum absolute atomic E-state index is 12.1. The maximum atomic E-state index is 12.1. The number of anilines is 1. The van der Waals surface area contributed by atoms with E-state index in [0.29, 0.717) is 44.2 Å². The van der Waals surface area contributed by atoms with Crippen LogP contribution < -0.4 is 10.5 Å². The molecule has 0 aliphatic carbocycles. The molecule has 1 aromatic carbocycles. The number of carbonyl (C=O) groups excluding carboxylic acids is 1. The van der Waals surface area contributed by atoms with Crippen molar-refractivity contribution >= 4 is 11.6 Å². The lowest BCUT2D eigenvalue weighted by molar-refractivity contribution is -0.132. The van der Waals surface area contributed by atoms with Crippen LogP contribution in [0.4, 0.5) is 5.69 Å². The van der Waals surface area contributed by atoms with E-state index in [2.05, 4.69) is 0 Å². The average Bonchev–Trinajstić information content (AvgIpc) is 2.49. The second-order valence-corrected chi connectivity index (χ2v) is 4.45. The van der Waals surface area contributed by atoms with Gasteiger partial charge in [0, 0.05) is 25.9 Å². The first-order valence-corrected chi connectivity index (χ1v) is 6.79. The maximum Gasteiger partial charge on any atom is 0.226 e. The molecule has 0 radical (unpaired) electrons. The number of ether oxygens (including phenoxy) is 2. The summed E-state index contributed by atoms with van der Waals surface area (Å²) in [7, 11) is 1.58. The summed E-state index contributed by atoms with van der Waals surface area (Å²) in [5, 5.41) is 8.62. The zero-order valence-electron chi connectivity index (χ0n) is 12.2. The average molecular weight is 291 g/mol. The van der Waals surface area contributed by atoms with Crippen molar-refractivity contribution in [3.05, 3.63) is 24.3 Å². The fraction of sp³-hybridized carbons (Fsp3) is 0.467. The van der Waals surface area contributed by atoms with E-state index in [9.17, 15) is 4.79 Å². The summed E-state index contributed by atoms with van der Waals surface area (Å²) in [5.74, 6) is 0.634. The van der Waals surface area contributed by atoms with E-state index < -0.39 is 0 Å². The highest BCUT2D eigenvalue weighted by Gasteiger charge is 2.12. The van der Waals surface area contributed by atoms with E-state index in [1.807, 2.05) is 6.07 Å². The standard InChI is InChI=1S/C15H21N3O3/c1-20-12-10-18(9-2-8-16)15(19)7-11-21-14-5-3-13(17)4-6-14/h3-6H,2,7,9-12,17H2,1H3. The Labute approximate surface area is 125 Å². The van der Waals surface area contributed by atoms with Crippen LogP contribution in [0.25, 0.3) is 0 Å². The van der Waals surface area contributed by atoms with Crippen LogP contribution in [0.1, 0.15) is 12.8 Å². The monoisotopic (exact) mass is 291 g/mol. The number of hydrogen-bond acceptors (Lipinski definition) is 5. The van der Waals surface area contributed by atoms with Crippen LogP contribution in [0.3, 0.4) is 0 Å². The third kappa shape index (κ3) is 6.63. The van der Waals surface area contributed by atoms with Gasteiger partial charge in [0.1, 0.15) is 5.75 Å². The fourth-order valence-corrected chi connectivity index (χ4v) is 1.73. The molecule has 0 spiro atoms.